The molecule has 2 N–H and O–H groups in total. The van der Waals surface area contributed by atoms with E-state index in [4.69, 9.17) is 5.73 Å². The van der Waals surface area contributed by atoms with E-state index in [9.17, 15) is 0 Å². The lowest BCUT2D eigenvalue weighted by Crippen LogP contribution is -2.32. The minimum Gasteiger partial charge on any atom is -0.357 e. The van der Waals surface area contributed by atoms with Crippen molar-refractivity contribution in [3.8, 4) is 0 Å². The molecule has 2 rings (SSSR count). The Hall–Kier alpha value is -1.35. The summed E-state index contributed by atoms with van der Waals surface area (Å²) in [6.07, 6.45) is 2.10. The van der Waals surface area contributed by atoms with Gasteiger partial charge < -0.3 is 10.6 Å². The molecule has 3 heteroatoms. The Morgan fingerprint density at radius 1 is 1.19 bits per heavy atom. The minimum atomic E-state index is 0.713. The fourth-order valence-electron chi connectivity index (χ4n) is 2.06. The number of amidine groups is 1. The van der Waals surface area contributed by atoms with Gasteiger partial charge in [0.15, 0.2) is 0 Å². The van der Waals surface area contributed by atoms with Crippen molar-refractivity contribution in [2.75, 3.05) is 26.2 Å². The van der Waals surface area contributed by atoms with Crippen molar-refractivity contribution in [3.05, 3.63) is 35.9 Å². The van der Waals surface area contributed by atoms with Gasteiger partial charge in [0.25, 0.3) is 0 Å². The third-order valence-electron chi connectivity index (χ3n) is 2.91. The molecule has 3 nitrogen and oxygen atoms in total. The lowest BCUT2D eigenvalue weighted by molar-refractivity contribution is 0.459. The first-order valence-corrected chi connectivity index (χ1v) is 5.92. The third-order valence-corrected chi connectivity index (χ3v) is 2.91. The first kappa shape index (κ1) is 11.1. The zero-order valence-electron chi connectivity index (χ0n) is 9.60. The van der Waals surface area contributed by atoms with Crippen LogP contribution in [0.4, 0.5) is 0 Å². The Morgan fingerprint density at radius 2 is 2.00 bits per heavy atom. The first-order valence-electron chi connectivity index (χ1n) is 5.92. The van der Waals surface area contributed by atoms with E-state index in [0.717, 1.165) is 32.5 Å². The van der Waals surface area contributed by atoms with Gasteiger partial charge in [-0.2, -0.15) is 0 Å². The lowest BCUT2D eigenvalue weighted by atomic mass is 10.1. The van der Waals surface area contributed by atoms with Crippen LogP contribution in [0.1, 0.15) is 12.0 Å². The Morgan fingerprint density at radius 3 is 2.75 bits per heavy atom. The van der Waals surface area contributed by atoms with E-state index in [-0.39, 0.29) is 0 Å². The molecular weight excluding hydrogens is 198 g/mol. The van der Waals surface area contributed by atoms with Crippen LogP contribution in [0.2, 0.25) is 0 Å². The van der Waals surface area contributed by atoms with Gasteiger partial charge in [0.1, 0.15) is 0 Å². The number of nitrogens with two attached hydrogens (primary N) is 1. The second kappa shape index (κ2) is 5.66. The van der Waals surface area contributed by atoms with Gasteiger partial charge in [-0.1, -0.05) is 30.3 Å². The third kappa shape index (κ3) is 2.83. The van der Waals surface area contributed by atoms with E-state index in [0.29, 0.717) is 6.54 Å². The zero-order chi connectivity index (χ0) is 11.2. The fourth-order valence-corrected chi connectivity index (χ4v) is 2.06. The highest BCUT2D eigenvalue weighted by Crippen LogP contribution is 2.09. The Kier molecular flexibility index (Phi) is 3.94. The van der Waals surface area contributed by atoms with Gasteiger partial charge in [-0.15, -0.1) is 0 Å². The predicted octanol–water partition coefficient (Wildman–Crippen LogP) is 1.29. The van der Waals surface area contributed by atoms with Crippen molar-refractivity contribution >= 4 is 5.84 Å². The normalized spacial score (nSPS) is 15.3. The summed E-state index contributed by atoms with van der Waals surface area (Å²) in [5, 5.41) is 0. The molecule has 0 saturated carbocycles. The average Bonchev–Trinajstić information content (AvgIpc) is 2.76. The van der Waals surface area contributed by atoms with Crippen molar-refractivity contribution in [2.24, 2.45) is 10.7 Å². The summed E-state index contributed by atoms with van der Waals surface area (Å²) in [6, 6.07) is 10.6. The van der Waals surface area contributed by atoms with Gasteiger partial charge in [0, 0.05) is 26.1 Å². The molecule has 0 fully saturated rings. The number of rotatable bonds is 5. The Labute approximate surface area is 97.0 Å². The molecule has 86 valence electrons. The smallest absolute Gasteiger partial charge is 0.0994 e. The lowest BCUT2D eigenvalue weighted by Gasteiger charge is -2.19. The van der Waals surface area contributed by atoms with E-state index in [1.807, 2.05) is 0 Å². The Bertz CT molecular complexity index is 345. The maximum atomic E-state index is 5.58. The topological polar surface area (TPSA) is 41.6 Å². The molecule has 1 aliphatic heterocycles. The zero-order valence-corrected chi connectivity index (χ0v) is 9.60. The number of nitrogens with zero attached hydrogens (tertiary/aromatic N) is 2. The molecule has 0 radical (unpaired) electrons. The van der Waals surface area contributed by atoms with E-state index in [2.05, 4.69) is 40.2 Å². The molecule has 0 aliphatic carbocycles. The van der Waals surface area contributed by atoms with Crippen LogP contribution >= 0.6 is 0 Å². The largest absolute Gasteiger partial charge is 0.357 e. The van der Waals surface area contributed by atoms with Gasteiger partial charge >= 0.3 is 0 Å². The van der Waals surface area contributed by atoms with E-state index < -0.39 is 0 Å². The number of hydrogen-bond acceptors (Lipinski definition) is 3. The molecule has 0 atom stereocenters. The SMILES string of the molecule is NCCN1CCN=C1CCc1ccccc1. The molecule has 0 unspecified atom stereocenters. The molecule has 0 saturated heterocycles. The quantitative estimate of drug-likeness (QED) is 0.807. The predicted molar refractivity (Wildman–Crippen MR) is 67.7 cm³/mol. The first-order chi connectivity index (χ1) is 7.90. The minimum absolute atomic E-state index is 0.713. The van der Waals surface area contributed by atoms with Crippen LogP contribution in [0.5, 0.6) is 0 Å². The summed E-state index contributed by atoms with van der Waals surface area (Å²) >= 11 is 0. The van der Waals surface area contributed by atoms with Gasteiger partial charge in [-0.05, 0) is 12.0 Å². The maximum Gasteiger partial charge on any atom is 0.0994 e. The molecule has 16 heavy (non-hydrogen) atoms. The average molecular weight is 217 g/mol. The molecule has 0 bridgehead atoms. The summed E-state index contributed by atoms with van der Waals surface area (Å²) in [5.41, 5.74) is 6.96. The van der Waals surface area contributed by atoms with Crippen LogP contribution in [-0.2, 0) is 6.42 Å². The summed E-state index contributed by atoms with van der Waals surface area (Å²) in [6.45, 7) is 3.63. The molecule has 0 amide bonds. The van der Waals surface area contributed by atoms with Crippen LogP contribution in [-0.4, -0.2) is 36.9 Å². The van der Waals surface area contributed by atoms with Crippen molar-refractivity contribution in [1.29, 1.82) is 0 Å². The highest BCUT2D eigenvalue weighted by molar-refractivity contribution is 5.83. The highest BCUT2D eigenvalue weighted by atomic mass is 15.2. The van der Waals surface area contributed by atoms with E-state index in [1.54, 1.807) is 0 Å². The standard InChI is InChI=1S/C13H19N3/c14-8-10-16-11-9-15-13(16)7-6-12-4-2-1-3-5-12/h1-5H,6-11,14H2. The van der Waals surface area contributed by atoms with Gasteiger partial charge in [0.05, 0.1) is 12.4 Å². The number of aliphatic imine (C=N–C) groups is 1. The highest BCUT2D eigenvalue weighted by Gasteiger charge is 2.15. The van der Waals surface area contributed by atoms with Crippen molar-refractivity contribution < 1.29 is 0 Å². The summed E-state index contributed by atoms with van der Waals surface area (Å²) in [7, 11) is 0. The monoisotopic (exact) mass is 217 g/mol. The van der Waals surface area contributed by atoms with E-state index in [1.165, 1.54) is 11.4 Å². The van der Waals surface area contributed by atoms with Crippen LogP contribution in [0, 0.1) is 0 Å². The molecule has 1 heterocycles. The molecule has 0 spiro atoms. The molecule has 1 aromatic rings. The number of benzene rings is 1. The number of aryl methyl sites for hydroxylation is 1. The number of hydrogen-bond donors (Lipinski definition) is 1. The van der Waals surface area contributed by atoms with Crippen LogP contribution in [0.25, 0.3) is 0 Å². The van der Waals surface area contributed by atoms with Crippen molar-refractivity contribution in [2.45, 2.75) is 12.8 Å². The molecule has 0 aromatic heterocycles. The Balaban J connectivity index is 1.86. The van der Waals surface area contributed by atoms with Gasteiger partial charge in [0.2, 0.25) is 0 Å². The molecule has 1 aromatic carbocycles. The van der Waals surface area contributed by atoms with Crippen LogP contribution in [0.15, 0.2) is 35.3 Å². The van der Waals surface area contributed by atoms with Gasteiger partial charge in [-0.3, -0.25) is 4.99 Å². The second-order valence-electron chi connectivity index (χ2n) is 4.06. The van der Waals surface area contributed by atoms with Crippen LogP contribution < -0.4 is 5.73 Å². The van der Waals surface area contributed by atoms with Crippen molar-refractivity contribution in [1.82, 2.24) is 4.90 Å². The van der Waals surface area contributed by atoms with E-state index >= 15 is 0 Å². The van der Waals surface area contributed by atoms with Gasteiger partial charge in [-0.25, -0.2) is 0 Å². The second-order valence-corrected chi connectivity index (χ2v) is 4.06. The molecule has 1 aliphatic rings. The maximum absolute atomic E-state index is 5.58. The fraction of sp³-hybridized carbons (Fsp3) is 0.462. The van der Waals surface area contributed by atoms with Crippen molar-refractivity contribution in [3.63, 3.8) is 0 Å². The summed E-state index contributed by atoms with van der Waals surface area (Å²) in [5.74, 6) is 1.23. The molecular formula is C13H19N3. The summed E-state index contributed by atoms with van der Waals surface area (Å²) < 4.78 is 0. The van der Waals surface area contributed by atoms with Crippen LogP contribution in [0.3, 0.4) is 0 Å². The summed E-state index contributed by atoms with van der Waals surface area (Å²) in [4.78, 5) is 6.85.